The molecule has 0 bridgehead atoms. The summed E-state index contributed by atoms with van der Waals surface area (Å²) in [4.78, 5) is 12.2. The predicted molar refractivity (Wildman–Crippen MR) is 92.2 cm³/mol. The number of hydrogen-bond donors (Lipinski definition) is 1. The molecule has 1 atom stereocenters. The van der Waals surface area contributed by atoms with E-state index in [1.807, 2.05) is 18.2 Å². The van der Waals surface area contributed by atoms with Gasteiger partial charge in [-0.25, -0.2) is 0 Å². The summed E-state index contributed by atoms with van der Waals surface area (Å²) >= 11 is 0. The number of H-pyrrole nitrogens is 1. The van der Waals surface area contributed by atoms with E-state index in [-0.39, 0.29) is 24.4 Å². The Kier molecular flexibility index (Phi) is 5.06. The van der Waals surface area contributed by atoms with Gasteiger partial charge >= 0.3 is 6.18 Å². The van der Waals surface area contributed by atoms with Gasteiger partial charge in [-0.1, -0.05) is 36.4 Å². The van der Waals surface area contributed by atoms with Crippen LogP contribution in [0.4, 0.5) is 13.2 Å². The molecule has 1 aromatic carbocycles. The lowest BCUT2D eigenvalue weighted by Gasteiger charge is -2.17. The van der Waals surface area contributed by atoms with Crippen LogP contribution in [-0.2, 0) is 19.1 Å². The van der Waals surface area contributed by atoms with Gasteiger partial charge in [-0.3, -0.25) is 14.6 Å². The summed E-state index contributed by atoms with van der Waals surface area (Å²) in [5, 5.41) is 2.37. The fourth-order valence-corrected chi connectivity index (χ4v) is 3.09. The lowest BCUT2D eigenvalue weighted by atomic mass is 10.0. The Morgan fingerprint density at radius 1 is 1.23 bits per heavy atom. The molecule has 26 heavy (non-hydrogen) atoms. The highest BCUT2D eigenvalue weighted by Gasteiger charge is 2.39. The Morgan fingerprint density at radius 2 is 1.96 bits per heavy atom. The highest BCUT2D eigenvalue weighted by atomic mass is 19.4. The summed E-state index contributed by atoms with van der Waals surface area (Å²) in [6, 6.07) is 6.63. The van der Waals surface area contributed by atoms with Gasteiger partial charge in [0.05, 0.1) is 12.7 Å². The van der Waals surface area contributed by atoms with Crippen molar-refractivity contribution in [2.24, 2.45) is 5.92 Å². The van der Waals surface area contributed by atoms with Crippen LogP contribution in [0.3, 0.4) is 0 Å². The molecule has 0 saturated heterocycles. The minimum absolute atomic E-state index is 0.0769. The number of methoxy groups -OCH3 is 1. The molecule has 3 rings (SSSR count). The normalized spacial score (nSPS) is 16.8. The average Bonchev–Trinajstić information content (AvgIpc) is 2.91. The Bertz CT molecular complexity index is 874. The van der Waals surface area contributed by atoms with E-state index >= 15 is 0 Å². The van der Waals surface area contributed by atoms with Gasteiger partial charge in [0.2, 0.25) is 0 Å². The van der Waals surface area contributed by atoms with Crippen molar-refractivity contribution in [3.63, 3.8) is 0 Å². The van der Waals surface area contributed by atoms with E-state index in [2.05, 4.69) is 5.10 Å². The van der Waals surface area contributed by atoms with Crippen molar-refractivity contribution in [1.29, 1.82) is 0 Å². The highest BCUT2D eigenvalue weighted by Crippen LogP contribution is 2.32. The fourth-order valence-electron chi connectivity index (χ4n) is 3.09. The SMILES string of the molecule is COc1ccc(Cc2c(C(F)(F)F)n(CC3C=CC=CC3)[nH]c2=O)cc1. The Hall–Kier alpha value is -2.70. The number of nitrogens with zero attached hydrogens (tertiary/aromatic N) is 1. The van der Waals surface area contributed by atoms with Crippen LogP contribution in [0.2, 0.25) is 0 Å². The van der Waals surface area contributed by atoms with Gasteiger partial charge in [0, 0.05) is 18.9 Å². The minimum Gasteiger partial charge on any atom is -0.497 e. The van der Waals surface area contributed by atoms with Crippen molar-refractivity contribution in [3.05, 3.63) is 75.7 Å². The number of rotatable bonds is 5. The standard InChI is InChI=1S/C19H19F3N2O2/c1-26-15-9-7-13(8-10-15)11-16-17(19(20,21)22)24(23-18(16)25)12-14-5-3-2-4-6-14/h2-5,7-10,14H,6,11-12H2,1H3,(H,23,25). The van der Waals surface area contributed by atoms with Crippen LogP contribution in [-0.4, -0.2) is 16.9 Å². The summed E-state index contributed by atoms with van der Waals surface area (Å²) in [5.74, 6) is 0.520. The molecule has 2 aromatic rings. The Balaban J connectivity index is 1.94. The zero-order valence-corrected chi connectivity index (χ0v) is 14.2. The highest BCUT2D eigenvalue weighted by molar-refractivity contribution is 5.33. The summed E-state index contributed by atoms with van der Waals surface area (Å²) in [5.41, 5.74) is -1.26. The maximum absolute atomic E-state index is 13.7. The van der Waals surface area contributed by atoms with Crippen LogP contribution in [0.5, 0.6) is 5.75 Å². The molecule has 0 radical (unpaired) electrons. The second-order valence-corrected chi connectivity index (χ2v) is 6.21. The first-order chi connectivity index (χ1) is 12.4. The van der Waals surface area contributed by atoms with Gasteiger partial charge in [0.15, 0.2) is 0 Å². The van der Waals surface area contributed by atoms with Crippen LogP contribution in [0.15, 0.2) is 53.4 Å². The number of ether oxygens (including phenoxy) is 1. The molecule has 1 heterocycles. The van der Waals surface area contributed by atoms with Crippen molar-refractivity contribution < 1.29 is 17.9 Å². The van der Waals surface area contributed by atoms with Crippen LogP contribution < -0.4 is 10.3 Å². The zero-order valence-electron chi connectivity index (χ0n) is 14.2. The first-order valence-electron chi connectivity index (χ1n) is 8.23. The molecule has 138 valence electrons. The van der Waals surface area contributed by atoms with Gasteiger partial charge < -0.3 is 4.74 Å². The van der Waals surface area contributed by atoms with Crippen LogP contribution in [0.25, 0.3) is 0 Å². The molecular weight excluding hydrogens is 345 g/mol. The largest absolute Gasteiger partial charge is 0.497 e. The Morgan fingerprint density at radius 3 is 2.54 bits per heavy atom. The molecule has 0 saturated carbocycles. The van der Waals surface area contributed by atoms with Crippen molar-refractivity contribution in [3.8, 4) is 5.75 Å². The lowest BCUT2D eigenvalue weighted by Crippen LogP contribution is -2.20. The van der Waals surface area contributed by atoms with E-state index in [0.29, 0.717) is 17.7 Å². The number of halogens is 3. The molecule has 7 heteroatoms. The number of hydrogen-bond acceptors (Lipinski definition) is 2. The molecule has 1 aromatic heterocycles. The fraction of sp³-hybridized carbons (Fsp3) is 0.316. The quantitative estimate of drug-likeness (QED) is 0.874. The smallest absolute Gasteiger partial charge is 0.433 e. The van der Waals surface area contributed by atoms with Crippen molar-refractivity contribution >= 4 is 0 Å². The monoisotopic (exact) mass is 364 g/mol. The molecule has 1 aliphatic rings. The van der Waals surface area contributed by atoms with Gasteiger partial charge in [0.1, 0.15) is 11.4 Å². The maximum atomic E-state index is 13.7. The van der Waals surface area contributed by atoms with Crippen molar-refractivity contribution in [2.75, 3.05) is 7.11 Å². The van der Waals surface area contributed by atoms with E-state index in [9.17, 15) is 18.0 Å². The third kappa shape index (κ3) is 3.92. The number of allylic oxidation sites excluding steroid dienone is 4. The molecular formula is C19H19F3N2O2. The lowest BCUT2D eigenvalue weighted by molar-refractivity contribution is -0.145. The molecule has 1 aliphatic carbocycles. The Labute approximate surface area is 148 Å². The van der Waals surface area contributed by atoms with Gasteiger partial charge in [-0.15, -0.1) is 0 Å². The van der Waals surface area contributed by atoms with E-state index in [1.54, 1.807) is 30.3 Å². The summed E-state index contributed by atoms with van der Waals surface area (Å²) in [6.45, 7) is 0.0769. The molecule has 1 unspecified atom stereocenters. The number of benzene rings is 1. The van der Waals surface area contributed by atoms with Crippen LogP contribution >= 0.6 is 0 Å². The molecule has 0 amide bonds. The topological polar surface area (TPSA) is 47.0 Å². The van der Waals surface area contributed by atoms with E-state index in [0.717, 1.165) is 4.68 Å². The molecule has 0 aliphatic heterocycles. The van der Waals surface area contributed by atoms with Crippen LogP contribution in [0.1, 0.15) is 23.2 Å². The number of nitrogens with one attached hydrogen (secondary N) is 1. The van der Waals surface area contributed by atoms with E-state index in [4.69, 9.17) is 4.74 Å². The van der Waals surface area contributed by atoms with Crippen molar-refractivity contribution in [1.82, 2.24) is 9.78 Å². The molecule has 0 fully saturated rings. The molecule has 0 spiro atoms. The first-order valence-corrected chi connectivity index (χ1v) is 8.23. The zero-order chi connectivity index (χ0) is 18.7. The maximum Gasteiger partial charge on any atom is 0.433 e. The third-order valence-corrected chi connectivity index (χ3v) is 4.36. The number of aromatic amines is 1. The van der Waals surface area contributed by atoms with Gasteiger partial charge in [-0.05, 0) is 24.1 Å². The minimum atomic E-state index is -4.62. The van der Waals surface area contributed by atoms with E-state index in [1.165, 1.54) is 7.11 Å². The van der Waals surface area contributed by atoms with E-state index < -0.39 is 17.4 Å². The molecule has 1 N–H and O–H groups in total. The number of alkyl halides is 3. The molecule has 4 nitrogen and oxygen atoms in total. The average molecular weight is 364 g/mol. The van der Waals surface area contributed by atoms with Gasteiger partial charge in [-0.2, -0.15) is 13.2 Å². The van der Waals surface area contributed by atoms with Crippen molar-refractivity contribution in [2.45, 2.75) is 25.6 Å². The second-order valence-electron chi connectivity index (χ2n) is 6.21. The predicted octanol–water partition coefficient (Wildman–Crippen LogP) is 3.93. The summed E-state index contributed by atoms with van der Waals surface area (Å²) in [6.07, 6.45) is 3.34. The first kappa shape index (κ1) is 18.1. The van der Waals surface area contributed by atoms with Gasteiger partial charge in [0.25, 0.3) is 5.56 Å². The second kappa shape index (κ2) is 7.27. The van der Waals surface area contributed by atoms with Crippen LogP contribution in [0, 0.1) is 5.92 Å². The summed E-state index contributed by atoms with van der Waals surface area (Å²) in [7, 11) is 1.51. The summed E-state index contributed by atoms with van der Waals surface area (Å²) < 4.78 is 47.0. The number of aromatic nitrogens is 2. The third-order valence-electron chi connectivity index (χ3n) is 4.36.